The topological polar surface area (TPSA) is 79.3 Å². The van der Waals surface area contributed by atoms with Crippen LogP contribution < -0.4 is 4.72 Å². The Morgan fingerprint density at radius 3 is 2.33 bits per heavy atom. The molecule has 0 aliphatic heterocycles. The Hall–Kier alpha value is -3.79. The third-order valence-electron chi connectivity index (χ3n) is 7.09. The van der Waals surface area contributed by atoms with Crippen LogP contribution in [0.25, 0.3) is 16.5 Å². The second-order valence-electron chi connectivity index (χ2n) is 9.63. The van der Waals surface area contributed by atoms with Gasteiger partial charge in [0.1, 0.15) is 4.75 Å². The van der Waals surface area contributed by atoms with E-state index in [1.54, 1.807) is 6.08 Å². The van der Waals surface area contributed by atoms with Crippen LogP contribution in [-0.4, -0.2) is 31.7 Å². The fraction of sp³-hybridized carbons (Fsp3) is 0.194. The van der Waals surface area contributed by atoms with Crippen molar-refractivity contribution in [1.29, 1.82) is 0 Å². The molecule has 2 N–H and O–H groups in total. The van der Waals surface area contributed by atoms with Crippen LogP contribution in [0.5, 0.6) is 0 Å². The number of hydrogen-bond acceptors (Lipinski definition) is 4. The molecule has 0 radical (unpaired) electrons. The molecule has 0 saturated carbocycles. The maximum atomic E-state index is 14.2. The van der Waals surface area contributed by atoms with E-state index in [1.807, 2.05) is 66.7 Å². The maximum Gasteiger partial charge on any atom is 0.418 e. The van der Waals surface area contributed by atoms with Gasteiger partial charge in [-0.1, -0.05) is 91.0 Å². The van der Waals surface area contributed by atoms with Gasteiger partial charge in [0.25, 0.3) is 0 Å². The molecule has 40 heavy (non-hydrogen) atoms. The largest absolute Gasteiger partial charge is 0.418 e. The molecule has 0 fully saturated rings. The van der Waals surface area contributed by atoms with E-state index in [0.29, 0.717) is 11.1 Å². The number of aliphatic hydroxyl groups is 1. The number of alkyl halides is 3. The molecule has 1 unspecified atom stereocenters. The molecule has 1 aromatic heterocycles. The van der Waals surface area contributed by atoms with Crippen molar-refractivity contribution >= 4 is 26.5 Å². The van der Waals surface area contributed by atoms with Crippen LogP contribution >= 0.6 is 0 Å². The van der Waals surface area contributed by atoms with Crippen LogP contribution in [0.3, 0.4) is 0 Å². The molecular weight excluding hydrogens is 537 g/mol. The zero-order valence-electron chi connectivity index (χ0n) is 21.4. The van der Waals surface area contributed by atoms with Gasteiger partial charge in [-0.25, -0.2) is 13.1 Å². The summed E-state index contributed by atoms with van der Waals surface area (Å²) in [6.07, 6.45) is 1.87. The minimum atomic E-state index is -4.69. The van der Waals surface area contributed by atoms with E-state index < -0.39 is 33.1 Å². The second kappa shape index (κ2) is 11.0. The first-order chi connectivity index (χ1) is 19.2. The average molecular weight is 565 g/mol. The van der Waals surface area contributed by atoms with Crippen LogP contribution in [0.15, 0.2) is 103 Å². The summed E-state index contributed by atoms with van der Waals surface area (Å²) in [7, 11) is -4.30. The van der Waals surface area contributed by atoms with E-state index in [4.69, 9.17) is 0 Å². The molecule has 1 heterocycles. The Kier molecular flexibility index (Phi) is 7.63. The zero-order valence-corrected chi connectivity index (χ0v) is 22.2. The number of hydrogen-bond donors (Lipinski definition) is 2. The Balaban J connectivity index is 1.84. The van der Waals surface area contributed by atoms with Gasteiger partial charge >= 0.3 is 6.18 Å². The highest BCUT2D eigenvalue weighted by Crippen LogP contribution is 2.48. The maximum absolute atomic E-state index is 14.2. The molecule has 0 bridgehead atoms. The molecule has 9 heteroatoms. The molecule has 0 spiro atoms. The number of aromatic nitrogens is 1. The van der Waals surface area contributed by atoms with Gasteiger partial charge in [0.2, 0.25) is 10.0 Å². The molecule has 3 aromatic carbocycles. The molecule has 1 aliphatic rings. The molecule has 5 nitrogen and oxygen atoms in total. The van der Waals surface area contributed by atoms with E-state index in [1.165, 1.54) is 24.4 Å². The monoisotopic (exact) mass is 564 g/mol. The highest BCUT2D eigenvalue weighted by atomic mass is 32.2. The van der Waals surface area contributed by atoms with Crippen molar-refractivity contribution < 1.29 is 26.7 Å². The predicted molar refractivity (Wildman–Crippen MR) is 150 cm³/mol. The predicted octanol–water partition coefficient (Wildman–Crippen LogP) is 5.99. The number of benzene rings is 3. The van der Waals surface area contributed by atoms with E-state index >= 15 is 0 Å². The number of allylic oxidation sites excluding steroid dienone is 3. The minimum Gasteiger partial charge on any atom is -0.395 e. The molecule has 4 aromatic rings. The number of halogens is 3. The lowest BCUT2D eigenvalue weighted by Gasteiger charge is -2.36. The molecule has 206 valence electrons. The Morgan fingerprint density at radius 2 is 1.65 bits per heavy atom. The van der Waals surface area contributed by atoms with E-state index in [9.17, 15) is 26.7 Å². The van der Waals surface area contributed by atoms with Crippen molar-refractivity contribution in [3.8, 4) is 0 Å². The van der Waals surface area contributed by atoms with Gasteiger partial charge in [0.05, 0.1) is 17.7 Å². The highest BCUT2D eigenvalue weighted by Gasteiger charge is 2.48. The zero-order chi connectivity index (χ0) is 28.4. The van der Waals surface area contributed by atoms with Gasteiger partial charge in [0.15, 0.2) is 0 Å². The lowest BCUT2D eigenvalue weighted by molar-refractivity contribution is -0.136. The van der Waals surface area contributed by atoms with Gasteiger partial charge in [-0.3, -0.25) is 4.98 Å². The first-order valence-electron chi connectivity index (χ1n) is 12.7. The summed E-state index contributed by atoms with van der Waals surface area (Å²) >= 11 is 0. The number of nitrogens with one attached hydrogen (secondary N) is 1. The van der Waals surface area contributed by atoms with Gasteiger partial charge in [0, 0.05) is 24.5 Å². The van der Waals surface area contributed by atoms with Crippen LogP contribution in [0.4, 0.5) is 13.2 Å². The number of pyridine rings is 1. The molecule has 1 aliphatic carbocycles. The van der Waals surface area contributed by atoms with Crippen molar-refractivity contribution in [2.24, 2.45) is 0 Å². The minimum absolute atomic E-state index is 0.0363. The van der Waals surface area contributed by atoms with Crippen LogP contribution in [0, 0.1) is 0 Å². The van der Waals surface area contributed by atoms with Crippen LogP contribution in [0.1, 0.15) is 34.2 Å². The summed E-state index contributed by atoms with van der Waals surface area (Å²) in [4.78, 5) is 4.24. The molecular formula is C31H27F3N2O3S. The van der Waals surface area contributed by atoms with Crippen LogP contribution in [0.2, 0.25) is 0 Å². The van der Waals surface area contributed by atoms with Crippen molar-refractivity contribution in [2.75, 3.05) is 13.2 Å². The number of fused-ring (bicyclic) bond motifs is 1. The molecule has 5 rings (SSSR count). The third-order valence-corrected chi connectivity index (χ3v) is 9.11. The van der Waals surface area contributed by atoms with Crippen molar-refractivity contribution in [3.05, 3.63) is 131 Å². The summed E-state index contributed by atoms with van der Waals surface area (Å²) in [5.41, 5.74) is 1.83. The Bertz CT molecular complexity index is 1690. The smallest absolute Gasteiger partial charge is 0.395 e. The van der Waals surface area contributed by atoms with Gasteiger partial charge in [-0.05, 0) is 40.3 Å². The third kappa shape index (κ3) is 5.20. The van der Waals surface area contributed by atoms with Crippen molar-refractivity contribution in [3.63, 3.8) is 0 Å². The van der Waals surface area contributed by atoms with Crippen molar-refractivity contribution in [2.45, 2.75) is 23.8 Å². The Morgan fingerprint density at radius 1 is 0.950 bits per heavy atom. The second-order valence-corrected chi connectivity index (χ2v) is 11.6. The van der Waals surface area contributed by atoms with Crippen LogP contribution in [-0.2, 0) is 27.4 Å². The SMILES string of the molecule is O=S(=O)(NCCO)C1(c2c(Cc3ccccc3)cnc3c(C(F)(F)F)cccc23)C=CC=C(c2ccccc2)C1. The van der Waals surface area contributed by atoms with Crippen molar-refractivity contribution in [1.82, 2.24) is 9.71 Å². The molecule has 0 amide bonds. The van der Waals surface area contributed by atoms with E-state index in [0.717, 1.165) is 17.2 Å². The summed E-state index contributed by atoms with van der Waals surface area (Å²) in [5, 5.41) is 9.58. The standard InChI is InChI=1S/C31H27F3N2O3S/c32-31(33,34)27-15-7-14-26-28(25(21-35-29(26)27)19-22-9-3-1-4-10-22)30(40(38,39)36-17-18-37)16-8-13-24(20-30)23-11-5-2-6-12-23/h1-16,21,36-37H,17-20H2. The number of rotatable bonds is 8. The number of nitrogens with zero attached hydrogens (tertiary/aromatic N) is 1. The fourth-order valence-corrected chi connectivity index (χ4v) is 7.04. The van der Waals surface area contributed by atoms with E-state index in [2.05, 4.69) is 9.71 Å². The van der Waals surface area contributed by atoms with E-state index in [-0.39, 0.29) is 35.9 Å². The summed E-state index contributed by atoms with van der Waals surface area (Å²) in [6, 6.07) is 22.3. The first kappa shape index (κ1) is 27.8. The number of para-hydroxylation sites is 1. The normalized spacial score (nSPS) is 17.6. The lowest BCUT2D eigenvalue weighted by Crippen LogP contribution is -2.45. The summed E-state index contributed by atoms with van der Waals surface area (Å²) < 4.78 is 71.4. The first-order valence-corrected chi connectivity index (χ1v) is 14.2. The highest BCUT2D eigenvalue weighted by molar-refractivity contribution is 7.90. The average Bonchev–Trinajstić information content (AvgIpc) is 2.96. The fourth-order valence-electron chi connectivity index (χ4n) is 5.31. The Labute approximate surface area is 230 Å². The number of aliphatic hydroxyl groups excluding tert-OH is 1. The van der Waals surface area contributed by atoms with Gasteiger partial charge in [-0.2, -0.15) is 13.2 Å². The van der Waals surface area contributed by atoms with Gasteiger partial charge in [-0.15, -0.1) is 0 Å². The quantitative estimate of drug-likeness (QED) is 0.275. The van der Waals surface area contributed by atoms with Gasteiger partial charge < -0.3 is 5.11 Å². The summed E-state index contributed by atoms with van der Waals surface area (Å²) in [5.74, 6) is 0. The number of sulfonamides is 1. The summed E-state index contributed by atoms with van der Waals surface area (Å²) in [6.45, 7) is -0.681. The molecule has 0 saturated heterocycles. The molecule has 1 atom stereocenters. The lowest BCUT2D eigenvalue weighted by atomic mass is 9.80.